The summed E-state index contributed by atoms with van der Waals surface area (Å²) < 4.78 is 30.5. The van der Waals surface area contributed by atoms with Crippen LogP contribution in [0.15, 0.2) is 18.2 Å². The number of nitro groups is 1. The van der Waals surface area contributed by atoms with Gasteiger partial charge in [0, 0.05) is 29.7 Å². The molecule has 1 N–H and O–H groups in total. The lowest BCUT2D eigenvalue weighted by Gasteiger charge is -2.24. The van der Waals surface area contributed by atoms with Gasteiger partial charge in [0.2, 0.25) is 15.9 Å². The Kier molecular flexibility index (Phi) is 8.57. The first-order valence-corrected chi connectivity index (χ1v) is 12.3. The Hall–Kier alpha value is -2.01. The molecule has 9 nitrogen and oxygen atoms in total. The zero-order chi connectivity index (χ0) is 21.4. The van der Waals surface area contributed by atoms with Crippen molar-refractivity contribution < 1.29 is 22.9 Å². The van der Waals surface area contributed by atoms with E-state index in [1.165, 1.54) is 51.3 Å². The zero-order valence-electron chi connectivity index (χ0n) is 16.6. The van der Waals surface area contributed by atoms with Crippen LogP contribution in [0.3, 0.4) is 0 Å². The summed E-state index contributed by atoms with van der Waals surface area (Å²) in [4.78, 5) is 22.8. The predicted octanol–water partition coefficient (Wildman–Crippen LogP) is 2.55. The van der Waals surface area contributed by atoms with Gasteiger partial charge in [0.05, 0.1) is 18.3 Å². The van der Waals surface area contributed by atoms with E-state index in [1.54, 1.807) is 0 Å². The molecule has 2 rings (SSSR count). The first-order valence-electron chi connectivity index (χ1n) is 9.41. The average Bonchev–Trinajstić information content (AvgIpc) is 2.69. The van der Waals surface area contributed by atoms with Crippen molar-refractivity contribution in [2.75, 3.05) is 36.5 Å². The van der Waals surface area contributed by atoms with Crippen molar-refractivity contribution >= 4 is 39.1 Å². The molecule has 1 fully saturated rings. The van der Waals surface area contributed by atoms with Gasteiger partial charge < -0.3 is 10.1 Å². The van der Waals surface area contributed by atoms with Crippen molar-refractivity contribution in [3.63, 3.8) is 0 Å². The monoisotopic (exact) mass is 445 g/mol. The zero-order valence-corrected chi connectivity index (χ0v) is 18.3. The summed E-state index contributed by atoms with van der Waals surface area (Å²) in [5.74, 6) is 0.407. The Morgan fingerprint density at radius 2 is 2.03 bits per heavy atom. The lowest BCUT2D eigenvalue weighted by molar-refractivity contribution is -0.384. The highest BCUT2D eigenvalue weighted by Crippen LogP contribution is 2.33. The molecule has 1 aliphatic carbocycles. The fourth-order valence-electron chi connectivity index (χ4n) is 3.20. The SMILES string of the molecule is COc1ccc([N+](=O)[O-])cc1N(CC(=O)NCCSC1CCCCC1)S(C)(=O)=O. The summed E-state index contributed by atoms with van der Waals surface area (Å²) >= 11 is 1.83. The Bertz CT molecular complexity index is 825. The Labute approximate surface area is 175 Å². The van der Waals surface area contributed by atoms with E-state index in [0.29, 0.717) is 11.8 Å². The van der Waals surface area contributed by atoms with Gasteiger partial charge in [-0.25, -0.2) is 8.42 Å². The second kappa shape index (κ2) is 10.7. The van der Waals surface area contributed by atoms with Gasteiger partial charge in [-0.3, -0.25) is 19.2 Å². The van der Waals surface area contributed by atoms with Gasteiger partial charge in [-0.15, -0.1) is 0 Å². The number of benzene rings is 1. The number of nitrogens with one attached hydrogen (secondary N) is 1. The number of carbonyl (C=O) groups excluding carboxylic acids is 1. The standard InChI is InChI=1S/C18H27N3O6S2/c1-27-17-9-8-14(21(23)24)12-16(17)20(29(2,25)26)13-18(22)19-10-11-28-15-6-4-3-5-7-15/h8-9,12,15H,3-7,10-11,13H2,1-2H3,(H,19,22). The number of thioether (sulfide) groups is 1. The number of amides is 1. The quantitative estimate of drug-likeness (QED) is 0.334. The summed E-state index contributed by atoms with van der Waals surface area (Å²) in [6.07, 6.45) is 7.13. The number of rotatable bonds is 10. The van der Waals surface area contributed by atoms with Crippen LogP contribution in [0.25, 0.3) is 0 Å². The maximum atomic E-state index is 12.3. The third-order valence-corrected chi connectivity index (χ3v) is 7.17. The first-order chi connectivity index (χ1) is 13.7. The molecular formula is C18H27N3O6S2. The van der Waals surface area contributed by atoms with Crippen LogP contribution in [-0.4, -0.2) is 56.7 Å². The van der Waals surface area contributed by atoms with E-state index in [-0.39, 0.29) is 17.1 Å². The number of non-ortho nitro benzene ring substituents is 1. The lowest BCUT2D eigenvalue weighted by Crippen LogP contribution is -2.41. The molecule has 1 amide bonds. The van der Waals surface area contributed by atoms with E-state index in [2.05, 4.69) is 5.32 Å². The van der Waals surface area contributed by atoms with Crippen molar-refractivity contribution in [2.45, 2.75) is 37.4 Å². The number of methoxy groups -OCH3 is 1. The minimum atomic E-state index is -3.87. The van der Waals surface area contributed by atoms with Crippen LogP contribution in [0, 0.1) is 10.1 Å². The number of nitro benzene ring substituents is 1. The van der Waals surface area contributed by atoms with Gasteiger partial charge in [0.15, 0.2) is 0 Å². The molecule has 1 aromatic carbocycles. The Morgan fingerprint density at radius 3 is 2.62 bits per heavy atom. The molecule has 0 radical (unpaired) electrons. The second-order valence-electron chi connectivity index (χ2n) is 6.86. The molecule has 1 aliphatic rings. The van der Waals surface area contributed by atoms with Crippen molar-refractivity contribution in [2.24, 2.45) is 0 Å². The Morgan fingerprint density at radius 1 is 1.34 bits per heavy atom. The van der Waals surface area contributed by atoms with E-state index < -0.39 is 27.4 Å². The van der Waals surface area contributed by atoms with Crippen LogP contribution in [0.4, 0.5) is 11.4 Å². The first kappa shape index (κ1) is 23.3. The molecule has 0 unspecified atom stereocenters. The normalized spacial score (nSPS) is 15.0. The van der Waals surface area contributed by atoms with Crippen molar-refractivity contribution in [1.82, 2.24) is 5.32 Å². The molecule has 162 valence electrons. The number of ether oxygens (including phenoxy) is 1. The number of hydrogen-bond acceptors (Lipinski definition) is 7. The molecule has 0 heterocycles. The fraction of sp³-hybridized carbons (Fsp3) is 0.611. The largest absolute Gasteiger partial charge is 0.495 e. The van der Waals surface area contributed by atoms with Crippen LogP contribution >= 0.6 is 11.8 Å². The van der Waals surface area contributed by atoms with E-state index >= 15 is 0 Å². The second-order valence-corrected chi connectivity index (χ2v) is 10.2. The highest BCUT2D eigenvalue weighted by molar-refractivity contribution is 7.99. The molecule has 0 aliphatic heterocycles. The lowest BCUT2D eigenvalue weighted by atomic mass is 10.0. The van der Waals surface area contributed by atoms with Gasteiger partial charge in [0.1, 0.15) is 18.0 Å². The Balaban J connectivity index is 2.02. The van der Waals surface area contributed by atoms with Gasteiger partial charge in [-0.1, -0.05) is 19.3 Å². The summed E-state index contributed by atoms with van der Waals surface area (Å²) in [5.41, 5.74) is -0.338. The molecule has 0 aromatic heterocycles. The average molecular weight is 446 g/mol. The maximum absolute atomic E-state index is 12.3. The smallest absolute Gasteiger partial charge is 0.271 e. The van der Waals surface area contributed by atoms with Crippen LogP contribution in [-0.2, 0) is 14.8 Å². The fourth-order valence-corrected chi connectivity index (χ4v) is 5.27. The van der Waals surface area contributed by atoms with E-state index in [1.807, 2.05) is 11.8 Å². The minimum Gasteiger partial charge on any atom is -0.495 e. The third kappa shape index (κ3) is 7.07. The summed E-state index contributed by atoms with van der Waals surface area (Å²) in [6, 6.07) is 3.61. The third-order valence-electron chi connectivity index (χ3n) is 4.66. The van der Waals surface area contributed by atoms with Crippen molar-refractivity contribution in [3.8, 4) is 5.75 Å². The predicted molar refractivity (Wildman–Crippen MR) is 114 cm³/mol. The number of hydrogen-bond donors (Lipinski definition) is 1. The van der Waals surface area contributed by atoms with E-state index in [4.69, 9.17) is 4.74 Å². The van der Waals surface area contributed by atoms with Gasteiger partial charge >= 0.3 is 0 Å². The van der Waals surface area contributed by atoms with Crippen molar-refractivity contribution in [3.05, 3.63) is 28.3 Å². The molecule has 29 heavy (non-hydrogen) atoms. The van der Waals surface area contributed by atoms with Crippen LogP contribution in [0.1, 0.15) is 32.1 Å². The summed E-state index contributed by atoms with van der Waals surface area (Å²) in [6.45, 7) is -0.0475. The van der Waals surface area contributed by atoms with Gasteiger partial charge in [-0.2, -0.15) is 11.8 Å². The summed E-state index contributed by atoms with van der Waals surface area (Å²) in [7, 11) is -2.54. The van der Waals surface area contributed by atoms with Gasteiger partial charge in [0.25, 0.3) is 5.69 Å². The topological polar surface area (TPSA) is 119 Å². The van der Waals surface area contributed by atoms with Crippen LogP contribution in [0.5, 0.6) is 5.75 Å². The molecular weight excluding hydrogens is 418 g/mol. The number of nitrogens with zero attached hydrogens (tertiary/aromatic N) is 2. The molecule has 0 saturated heterocycles. The minimum absolute atomic E-state index is 0.0454. The van der Waals surface area contributed by atoms with Crippen LogP contribution in [0.2, 0.25) is 0 Å². The van der Waals surface area contributed by atoms with E-state index in [9.17, 15) is 23.3 Å². The highest BCUT2D eigenvalue weighted by atomic mass is 32.2. The van der Waals surface area contributed by atoms with Gasteiger partial charge in [-0.05, 0) is 18.9 Å². The molecule has 0 atom stereocenters. The molecule has 1 saturated carbocycles. The highest BCUT2D eigenvalue weighted by Gasteiger charge is 2.26. The van der Waals surface area contributed by atoms with Crippen molar-refractivity contribution in [1.29, 1.82) is 0 Å². The maximum Gasteiger partial charge on any atom is 0.271 e. The number of sulfonamides is 1. The molecule has 0 bridgehead atoms. The molecule has 1 aromatic rings. The number of carbonyl (C=O) groups is 1. The van der Waals surface area contributed by atoms with E-state index in [0.717, 1.165) is 22.4 Å². The molecule has 11 heteroatoms. The van der Waals surface area contributed by atoms with Crippen LogP contribution < -0.4 is 14.4 Å². The summed E-state index contributed by atoms with van der Waals surface area (Å²) in [5, 5.41) is 14.4. The number of anilines is 1. The molecule has 0 spiro atoms.